The van der Waals surface area contributed by atoms with Crippen LogP contribution < -0.4 is 5.73 Å². The number of anilines is 1. The Morgan fingerprint density at radius 2 is 2.00 bits per heavy atom. The number of aromatic nitrogens is 5. The summed E-state index contributed by atoms with van der Waals surface area (Å²) in [6.07, 6.45) is 0.953. The van der Waals surface area contributed by atoms with Gasteiger partial charge in [-0.25, -0.2) is 12.8 Å². The Balaban J connectivity index is 2.24. The van der Waals surface area contributed by atoms with E-state index in [2.05, 4.69) is 20.1 Å². The molecule has 11 heteroatoms. The molecule has 0 fully saturated rings. The summed E-state index contributed by atoms with van der Waals surface area (Å²) in [5, 5.41) is 3.56. The van der Waals surface area contributed by atoms with E-state index >= 15 is 0 Å². The van der Waals surface area contributed by atoms with Crippen LogP contribution in [-0.2, 0) is 9.84 Å². The first-order valence-electron chi connectivity index (χ1n) is 5.81. The van der Waals surface area contributed by atoms with E-state index in [0.29, 0.717) is 0 Å². The molecule has 0 unspecified atom stereocenters. The molecule has 0 bridgehead atoms. The fraction of sp³-hybridized carbons (Fsp3) is 0.0909. The van der Waals surface area contributed by atoms with Crippen LogP contribution in [0.25, 0.3) is 17.2 Å². The molecule has 22 heavy (non-hydrogen) atoms. The summed E-state index contributed by atoms with van der Waals surface area (Å²) < 4.78 is 38.8. The highest BCUT2D eigenvalue weighted by Crippen LogP contribution is 2.22. The lowest BCUT2D eigenvalue weighted by Crippen LogP contribution is -2.11. The van der Waals surface area contributed by atoms with Crippen LogP contribution in [0.2, 0.25) is 0 Å². The number of halogens is 2. The summed E-state index contributed by atoms with van der Waals surface area (Å²) in [6.45, 7) is 0. The summed E-state index contributed by atoms with van der Waals surface area (Å²) in [5.74, 6) is -0.728. The van der Waals surface area contributed by atoms with Crippen molar-refractivity contribution in [1.29, 1.82) is 0 Å². The molecule has 0 aliphatic heterocycles. The van der Waals surface area contributed by atoms with Gasteiger partial charge in [0.1, 0.15) is 5.82 Å². The quantitative estimate of drug-likeness (QED) is 0.597. The van der Waals surface area contributed by atoms with Gasteiger partial charge in [-0.15, -0.1) is 5.10 Å². The average Bonchev–Trinajstić information content (AvgIpc) is 2.81. The fourth-order valence-electron chi connectivity index (χ4n) is 1.74. The summed E-state index contributed by atoms with van der Waals surface area (Å²) in [7, 11) is -3.64. The minimum atomic E-state index is -3.64. The molecule has 8 nitrogen and oxygen atoms in total. The van der Waals surface area contributed by atoms with E-state index in [4.69, 9.17) is 5.73 Å². The number of fused-ring (bicyclic) bond motifs is 1. The molecule has 3 rings (SSSR count). The maximum absolute atomic E-state index is 14.0. The Morgan fingerprint density at radius 1 is 1.27 bits per heavy atom. The second kappa shape index (κ2) is 5.08. The second-order valence-corrected chi connectivity index (χ2v) is 7.56. The van der Waals surface area contributed by atoms with Crippen molar-refractivity contribution in [2.45, 2.75) is 5.16 Å². The van der Waals surface area contributed by atoms with E-state index in [1.807, 2.05) is 22.6 Å². The van der Waals surface area contributed by atoms with E-state index in [0.717, 1.165) is 14.3 Å². The van der Waals surface area contributed by atoms with Gasteiger partial charge in [0.25, 0.3) is 10.9 Å². The van der Waals surface area contributed by atoms with Crippen molar-refractivity contribution in [2.75, 3.05) is 12.0 Å². The monoisotopic (exact) mass is 434 g/mol. The summed E-state index contributed by atoms with van der Waals surface area (Å²) in [5.41, 5.74) is 5.82. The minimum absolute atomic E-state index is 0.0422. The van der Waals surface area contributed by atoms with E-state index in [9.17, 15) is 12.8 Å². The van der Waals surface area contributed by atoms with Crippen LogP contribution in [0.15, 0.2) is 23.4 Å². The lowest BCUT2D eigenvalue weighted by atomic mass is 10.2. The zero-order chi connectivity index (χ0) is 16.1. The largest absolute Gasteiger partial charge is 0.368 e. The molecule has 0 saturated carbocycles. The highest BCUT2D eigenvalue weighted by atomic mass is 127. The van der Waals surface area contributed by atoms with Crippen LogP contribution >= 0.6 is 22.6 Å². The zero-order valence-corrected chi connectivity index (χ0v) is 14.0. The van der Waals surface area contributed by atoms with Crippen LogP contribution in [0.3, 0.4) is 0 Å². The average molecular weight is 434 g/mol. The topological polar surface area (TPSA) is 116 Å². The van der Waals surface area contributed by atoms with Crippen molar-refractivity contribution in [2.24, 2.45) is 0 Å². The number of hydrogen-bond acceptors (Lipinski definition) is 7. The molecule has 114 valence electrons. The van der Waals surface area contributed by atoms with Crippen molar-refractivity contribution >= 4 is 44.2 Å². The number of nitrogen functional groups attached to an aromatic ring is 1. The minimum Gasteiger partial charge on any atom is -0.368 e. The van der Waals surface area contributed by atoms with Crippen LogP contribution in [0.5, 0.6) is 0 Å². The predicted octanol–water partition coefficient (Wildman–Crippen LogP) is 0.916. The van der Waals surface area contributed by atoms with E-state index < -0.39 is 20.8 Å². The summed E-state index contributed by atoms with van der Waals surface area (Å²) >= 11 is 1.98. The first-order valence-corrected chi connectivity index (χ1v) is 8.78. The van der Waals surface area contributed by atoms with Crippen LogP contribution in [-0.4, -0.2) is 39.2 Å². The highest BCUT2D eigenvalue weighted by molar-refractivity contribution is 14.1. The Bertz CT molecular complexity index is 1000. The predicted molar refractivity (Wildman–Crippen MR) is 84.2 cm³/mol. The van der Waals surface area contributed by atoms with Crippen molar-refractivity contribution in [3.05, 3.63) is 27.6 Å². The maximum Gasteiger partial charge on any atom is 0.258 e. The summed E-state index contributed by atoms with van der Waals surface area (Å²) in [6, 6.07) is 4.55. The summed E-state index contributed by atoms with van der Waals surface area (Å²) in [4.78, 5) is 11.5. The number of benzene rings is 1. The molecule has 1 aromatic carbocycles. The smallest absolute Gasteiger partial charge is 0.258 e. The van der Waals surface area contributed by atoms with Crippen molar-refractivity contribution in [3.63, 3.8) is 0 Å². The molecule has 3 aromatic rings. The second-order valence-electron chi connectivity index (χ2n) is 4.41. The van der Waals surface area contributed by atoms with Crippen LogP contribution in [0, 0.1) is 9.39 Å². The molecule has 0 saturated heterocycles. The molecule has 0 atom stereocenters. The lowest BCUT2D eigenvalue weighted by Gasteiger charge is -1.99. The number of hydrogen-bond donors (Lipinski definition) is 1. The first-order chi connectivity index (χ1) is 10.3. The van der Waals surface area contributed by atoms with Gasteiger partial charge in [0.2, 0.25) is 15.8 Å². The third kappa shape index (κ3) is 2.61. The number of nitrogens with zero attached hydrogens (tertiary/aromatic N) is 5. The molecule has 0 aliphatic rings. The van der Waals surface area contributed by atoms with Gasteiger partial charge in [-0.05, 0) is 40.8 Å². The molecule has 0 radical (unpaired) electrons. The molecule has 0 aliphatic carbocycles. The SMILES string of the molecule is CS(=O)(=O)c1nc(N)n2nc(-c3ccc(I)cc3F)nc2n1. The van der Waals surface area contributed by atoms with Gasteiger partial charge in [0.15, 0.2) is 5.82 Å². The Kier molecular flexibility index (Phi) is 3.47. The van der Waals surface area contributed by atoms with Gasteiger partial charge >= 0.3 is 0 Å². The molecular formula is C11H8FIN6O2S. The van der Waals surface area contributed by atoms with E-state index in [-0.39, 0.29) is 23.1 Å². The van der Waals surface area contributed by atoms with Gasteiger partial charge in [-0.3, -0.25) is 0 Å². The van der Waals surface area contributed by atoms with E-state index in [1.54, 1.807) is 6.07 Å². The Morgan fingerprint density at radius 3 is 2.64 bits per heavy atom. The van der Waals surface area contributed by atoms with Crippen molar-refractivity contribution in [3.8, 4) is 11.4 Å². The van der Waals surface area contributed by atoms with Crippen molar-refractivity contribution in [1.82, 2.24) is 24.6 Å². The van der Waals surface area contributed by atoms with Gasteiger partial charge in [-0.1, -0.05) is 0 Å². The number of rotatable bonds is 2. The van der Waals surface area contributed by atoms with Gasteiger partial charge in [0, 0.05) is 9.83 Å². The number of sulfone groups is 1. The first kappa shape index (κ1) is 15.0. The molecule has 2 heterocycles. The third-order valence-corrected chi connectivity index (χ3v) is 4.23. The van der Waals surface area contributed by atoms with E-state index in [1.165, 1.54) is 12.1 Å². The molecule has 0 spiro atoms. The Hall–Kier alpha value is -1.89. The standard InChI is InChI=1S/C11H8FIN6O2S/c1-22(20,21)11-16-9(14)19-10(17-11)15-8(18-19)6-3-2-5(13)4-7(6)12/h2-4H,1H3,(H2,14,15,16,17,18). The van der Waals surface area contributed by atoms with Crippen molar-refractivity contribution < 1.29 is 12.8 Å². The fourth-order valence-corrected chi connectivity index (χ4v) is 2.70. The third-order valence-electron chi connectivity index (χ3n) is 2.72. The van der Waals surface area contributed by atoms with Gasteiger partial charge in [0.05, 0.1) is 5.56 Å². The number of nitrogens with two attached hydrogens (primary N) is 1. The van der Waals surface area contributed by atoms with Crippen LogP contribution in [0.1, 0.15) is 0 Å². The lowest BCUT2D eigenvalue weighted by molar-refractivity contribution is 0.592. The van der Waals surface area contributed by atoms with Gasteiger partial charge in [-0.2, -0.15) is 19.5 Å². The van der Waals surface area contributed by atoms with Crippen LogP contribution in [0.4, 0.5) is 10.3 Å². The molecule has 0 amide bonds. The zero-order valence-electron chi connectivity index (χ0n) is 11.0. The molecule has 2 N–H and O–H groups in total. The molecule has 2 aromatic heterocycles. The molecular weight excluding hydrogens is 426 g/mol. The van der Waals surface area contributed by atoms with Gasteiger partial charge < -0.3 is 5.73 Å². The Labute approximate surface area is 137 Å². The highest BCUT2D eigenvalue weighted by Gasteiger charge is 2.18. The maximum atomic E-state index is 14.0. The normalized spacial score (nSPS) is 12.0.